The summed E-state index contributed by atoms with van der Waals surface area (Å²) in [6.07, 6.45) is 0. The van der Waals surface area contributed by atoms with Crippen LogP contribution in [-0.4, -0.2) is 31.5 Å². The van der Waals surface area contributed by atoms with Gasteiger partial charge >= 0.3 is 0 Å². The zero-order chi connectivity index (χ0) is 19.6. The number of carbonyl (C=O) groups excluding carboxylic acids is 1. The van der Waals surface area contributed by atoms with Crippen LogP contribution in [0.1, 0.15) is 11.1 Å². The summed E-state index contributed by atoms with van der Waals surface area (Å²) in [7, 11) is 1.81. The Kier molecular flexibility index (Phi) is 5.86. The van der Waals surface area contributed by atoms with E-state index in [9.17, 15) is 9.90 Å². The van der Waals surface area contributed by atoms with E-state index in [1.165, 1.54) is 11.8 Å². The zero-order valence-electron chi connectivity index (χ0n) is 15.2. The number of thioether (sulfide) groups is 1. The minimum atomic E-state index is -0.108. The average molecular weight is 447 g/mol. The Labute approximate surface area is 170 Å². The van der Waals surface area contributed by atoms with Gasteiger partial charge < -0.3 is 15.0 Å². The maximum Gasteiger partial charge on any atom is 0.234 e. The molecule has 0 aliphatic rings. The number of nitrogens with one attached hydrogen (secondary N) is 1. The Morgan fingerprint density at radius 3 is 2.78 bits per heavy atom. The van der Waals surface area contributed by atoms with Crippen molar-refractivity contribution in [2.75, 3.05) is 11.1 Å². The lowest BCUT2D eigenvalue weighted by molar-refractivity contribution is -0.113. The summed E-state index contributed by atoms with van der Waals surface area (Å²) in [6.45, 7) is 3.95. The van der Waals surface area contributed by atoms with E-state index in [-0.39, 0.29) is 17.4 Å². The van der Waals surface area contributed by atoms with Crippen molar-refractivity contribution in [3.05, 3.63) is 52.0 Å². The van der Waals surface area contributed by atoms with Crippen LogP contribution in [-0.2, 0) is 11.8 Å². The molecule has 0 unspecified atom stereocenters. The zero-order valence-corrected chi connectivity index (χ0v) is 17.6. The molecule has 1 heterocycles. The number of phenolic OH excluding ortho intramolecular Hbond substituents is 1. The average Bonchev–Trinajstić information content (AvgIpc) is 2.99. The molecular weight excluding hydrogens is 428 g/mol. The molecule has 3 aromatic rings. The summed E-state index contributed by atoms with van der Waals surface area (Å²) < 4.78 is 2.59. The maximum atomic E-state index is 12.3. The van der Waals surface area contributed by atoms with Crippen LogP contribution in [0.15, 0.2) is 46.0 Å². The van der Waals surface area contributed by atoms with Gasteiger partial charge in [0, 0.05) is 17.2 Å². The van der Waals surface area contributed by atoms with Crippen LogP contribution in [0.5, 0.6) is 5.75 Å². The summed E-state index contributed by atoms with van der Waals surface area (Å²) >= 11 is 4.68. The van der Waals surface area contributed by atoms with Gasteiger partial charge in [-0.05, 0) is 49.2 Å². The maximum absolute atomic E-state index is 12.3. The van der Waals surface area contributed by atoms with Gasteiger partial charge in [-0.1, -0.05) is 39.8 Å². The van der Waals surface area contributed by atoms with Crippen molar-refractivity contribution < 1.29 is 9.90 Å². The fourth-order valence-corrected chi connectivity index (χ4v) is 3.62. The Morgan fingerprint density at radius 1 is 1.22 bits per heavy atom. The molecule has 6 nitrogen and oxygen atoms in total. The van der Waals surface area contributed by atoms with Crippen LogP contribution < -0.4 is 5.32 Å². The van der Waals surface area contributed by atoms with Gasteiger partial charge in [0.1, 0.15) is 5.75 Å². The predicted molar refractivity (Wildman–Crippen MR) is 111 cm³/mol. The number of rotatable bonds is 5. The minimum absolute atomic E-state index is 0.108. The van der Waals surface area contributed by atoms with E-state index in [2.05, 4.69) is 31.4 Å². The van der Waals surface area contributed by atoms with Crippen molar-refractivity contribution >= 4 is 39.3 Å². The lowest BCUT2D eigenvalue weighted by atomic mass is 10.1. The molecule has 0 aliphatic heterocycles. The second-order valence-electron chi connectivity index (χ2n) is 6.18. The number of anilines is 1. The van der Waals surface area contributed by atoms with Crippen LogP contribution in [0.3, 0.4) is 0 Å². The van der Waals surface area contributed by atoms with Gasteiger partial charge in [0.25, 0.3) is 0 Å². The highest BCUT2D eigenvalue weighted by Crippen LogP contribution is 2.32. The smallest absolute Gasteiger partial charge is 0.234 e. The molecule has 140 valence electrons. The standard InChI is InChI=1S/C19H19BrN4O2S/c1-11-4-5-12(2)15(8-11)21-17(26)10-27-19-23-22-18(24(19)3)14-9-13(20)6-7-16(14)25/h4-9,25H,10H2,1-3H3,(H,21,26). The molecule has 1 aromatic heterocycles. The summed E-state index contributed by atoms with van der Waals surface area (Å²) in [4.78, 5) is 12.3. The van der Waals surface area contributed by atoms with E-state index in [4.69, 9.17) is 0 Å². The van der Waals surface area contributed by atoms with Gasteiger partial charge in [-0.15, -0.1) is 10.2 Å². The topological polar surface area (TPSA) is 80.0 Å². The molecule has 8 heteroatoms. The van der Waals surface area contributed by atoms with Gasteiger partial charge in [0.2, 0.25) is 5.91 Å². The van der Waals surface area contributed by atoms with E-state index >= 15 is 0 Å². The summed E-state index contributed by atoms with van der Waals surface area (Å²) in [5.41, 5.74) is 3.50. The van der Waals surface area contributed by atoms with E-state index < -0.39 is 0 Å². The number of carbonyl (C=O) groups is 1. The predicted octanol–water partition coefficient (Wildman–Crippen LogP) is 4.30. The molecule has 0 fully saturated rings. The third-order valence-corrected chi connectivity index (χ3v) is 5.55. The molecule has 0 saturated carbocycles. The number of halogens is 1. The first kappa shape index (κ1) is 19.4. The van der Waals surface area contributed by atoms with Crippen molar-refractivity contribution in [1.82, 2.24) is 14.8 Å². The Morgan fingerprint density at radius 2 is 2.00 bits per heavy atom. The second-order valence-corrected chi connectivity index (χ2v) is 8.04. The van der Waals surface area contributed by atoms with Crippen LogP contribution in [0.25, 0.3) is 11.4 Å². The van der Waals surface area contributed by atoms with Gasteiger partial charge in [0.05, 0.1) is 11.3 Å². The largest absolute Gasteiger partial charge is 0.507 e. The number of nitrogens with zero attached hydrogens (tertiary/aromatic N) is 3. The molecule has 2 N–H and O–H groups in total. The lowest BCUT2D eigenvalue weighted by Crippen LogP contribution is -2.15. The number of aromatic hydroxyl groups is 1. The first-order valence-electron chi connectivity index (χ1n) is 8.23. The van der Waals surface area contributed by atoms with Crippen LogP contribution in [0.2, 0.25) is 0 Å². The highest BCUT2D eigenvalue weighted by atomic mass is 79.9. The highest BCUT2D eigenvalue weighted by Gasteiger charge is 2.16. The summed E-state index contributed by atoms with van der Waals surface area (Å²) in [5.74, 6) is 0.761. The van der Waals surface area contributed by atoms with Crippen LogP contribution in [0.4, 0.5) is 5.69 Å². The van der Waals surface area contributed by atoms with Crippen molar-refractivity contribution in [1.29, 1.82) is 0 Å². The summed E-state index contributed by atoms with van der Waals surface area (Å²) in [6, 6.07) is 11.1. The van der Waals surface area contributed by atoms with Gasteiger partial charge in [-0.3, -0.25) is 4.79 Å². The van der Waals surface area contributed by atoms with Crippen molar-refractivity contribution in [2.45, 2.75) is 19.0 Å². The molecule has 0 atom stereocenters. The lowest BCUT2D eigenvalue weighted by Gasteiger charge is -2.09. The molecule has 27 heavy (non-hydrogen) atoms. The number of aromatic nitrogens is 3. The van der Waals surface area contributed by atoms with Crippen molar-refractivity contribution in [2.24, 2.45) is 7.05 Å². The molecule has 2 aromatic carbocycles. The van der Waals surface area contributed by atoms with Crippen molar-refractivity contribution in [3.63, 3.8) is 0 Å². The first-order valence-corrected chi connectivity index (χ1v) is 10.0. The molecule has 0 saturated heterocycles. The normalized spacial score (nSPS) is 10.8. The molecule has 0 radical (unpaired) electrons. The van der Waals surface area contributed by atoms with Gasteiger partial charge in [-0.25, -0.2) is 0 Å². The number of phenols is 1. The van der Waals surface area contributed by atoms with Gasteiger partial charge in [0.15, 0.2) is 11.0 Å². The first-order chi connectivity index (χ1) is 12.8. The number of amides is 1. The van der Waals surface area contributed by atoms with Crippen LogP contribution >= 0.6 is 27.7 Å². The van der Waals surface area contributed by atoms with Crippen molar-refractivity contribution in [3.8, 4) is 17.1 Å². The number of hydrogen-bond acceptors (Lipinski definition) is 5. The van der Waals surface area contributed by atoms with E-state index in [0.717, 1.165) is 21.3 Å². The molecular formula is C19H19BrN4O2S. The van der Waals surface area contributed by atoms with Gasteiger partial charge in [-0.2, -0.15) is 0 Å². The fraction of sp³-hybridized carbons (Fsp3) is 0.211. The van der Waals surface area contributed by atoms with E-state index in [1.54, 1.807) is 29.8 Å². The quantitative estimate of drug-likeness (QED) is 0.571. The number of aryl methyl sites for hydroxylation is 2. The second kappa shape index (κ2) is 8.14. The Bertz CT molecular complexity index is 1000. The number of hydrogen-bond donors (Lipinski definition) is 2. The van der Waals surface area contributed by atoms with E-state index in [1.807, 2.05) is 32.0 Å². The minimum Gasteiger partial charge on any atom is -0.507 e. The Balaban J connectivity index is 1.70. The van der Waals surface area contributed by atoms with Crippen LogP contribution in [0, 0.1) is 13.8 Å². The highest BCUT2D eigenvalue weighted by molar-refractivity contribution is 9.10. The SMILES string of the molecule is Cc1ccc(C)c(NC(=O)CSc2nnc(-c3cc(Br)ccc3O)n2C)c1. The fourth-order valence-electron chi connectivity index (χ4n) is 2.55. The molecule has 0 bridgehead atoms. The van der Waals surface area contributed by atoms with E-state index in [0.29, 0.717) is 16.5 Å². The molecule has 3 rings (SSSR count). The molecule has 0 aliphatic carbocycles. The number of benzene rings is 2. The molecule has 1 amide bonds. The monoisotopic (exact) mass is 446 g/mol. The third kappa shape index (κ3) is 4.51. The molecule has 0 spiro atoms. The Hall–Kier alpha value is -2.32. The third-order valence-electron chi connectivity index (χ3n) is 4.03. The summed E-state index contributed by atoms with van der Waals surface area (Å²) in [5, 5.41) is 21.9.